The fourth-order valence-corrected chi connectivity index (χ4v) is 8.65. The lowest BCUT2D eigenvalue weighted by atomic mass is 9.47. The summed E-state index contributed by atoms with van der Waals surface area (Å²) in [6.45, 7) is 10.6. The third-order valence-electron chi connectivity index (χ3n) is 10.6. The van der Waals surface area contributed by atoms with Crippen LogP contribution in [0.5, 0.6) is 0 Å². The van der Waals surface area contributed by atoms with Gasteiger partial charge in [0.15, 0.2) is 0 Å². The number of ether oxygens (including phenoxy) is 1. The first kappa shape index (κ1) is 24.6. The molecule has 0 heterocycles. The molecule has 0 bridgehead atoms. The van der Waals surface area contributed by atoms with Crippen molar-refractivity contribution in [1.82, 2.24) is 5.32 Å². The summed E-state index contributed by atoms with van der Waals surface area (Å²) in [6, 6.07) is 8.55. The second kappa shape index (κ2) is 9.09. The van der Waals surface area contributed by atoms with Crippen molar-refractivity contribution in [3.8, 4) is 0 Å². The molecule has 0 radical (unpaired) electrons. The van der Waals surface area contributed by atoms with E-state index in [2.05, 4.69) is 63.4 Å². The van der Waals surface area contributed by atoms with Gasteiger partial charge in [0.1, 0.15) is 6.10 Å². The van der Waals surface area contributed by atoms with Crippen LogP contribution in [0.15, 0.2) is 35.9 Å². The SMILES string of the molecule is CC(=O)O[C@H]1CC[C@@]2(C)C(=CC[C@H]3[C@@H]4CC[C@H](C(=O)N[C@@H](C)c5ccc(C)cc5)[C@@]4(C)CC[C@@H]32)C1. The zero-order valence-electron chi connectivity index (χ0n) is 22.2. The summed E-state index contributed by atoms with van der Waals surface area (Å²) in [5.74, 6) is 2.17. The topological polar surface area (TPSA) is 55.4 Å². The van der Waals surface area contributed by atoms with Gasteiger partial charge in [-0.15, -0.1) is 0 Å². The van der Waals surface area contributed by atoms with Crippen molar-refractivity contribution in [2.75, 3.05) is 0 Å². The van der Waals surface area contributed by atoms with Gasteiger partial charge in [0.05, 0.1) is 6.04 Å². The Bertz CT molecular complexity index is 1010. The first-order valence-corrected chi connectivity index (χ1v) is 13.9. The zero-order chi connectivity index (χ0) is 25.0. The molecule has 0 unspecified atom stereocenters. The Kier molecular flexibility index (Phi) is 6.38. The molecule has 0 aliphatic heterocycles. The van der Waals surface area contributed by atoms with Gasteiger partial charge < -0.3 is 10.1 Å². The molecular formula is C31H43NO3. The molecule has 0 spiro atoms. The highest BCUT2D eigenvalue weighted by molar-refractivity contribution is 5.80. The number of carbonyl (C=O) groups is 2. The van der Waals surface area contributed by atoms with Gasteiger partial charge in [0, 0.05) is 19.3 Å². The molecular weight excluding hydrogens is 434 g/mol. The van der Waals surface area contributed by atoms with E-state index in [1.54, 1.807) is 0 Å². The van der Waals surface area contributed by atoms with Crippen molar-refractivity contribution in [3.05, 3.63) is 47.0 Å². The van der Waals surface area contributed by atoms with Crippen LogP contribution in [0.4, 0.5) is 0 Å². The molecule has 4 nitrogen and oxygen atoms in total. The summed E-state index contributed by atoms with van der Waals surface area (Å²) < 4.78 is 5.59. The van der Waals surface area contributed by atoms with Crippen LogP contribution in [-0.2, 0) is 14.3 Å². The minimum Gasteiger partial charge on any atom is -0.462 e. The van der Waals surface area contributed by atoms with Crippen LogP contribution in [0.3, 0.4) is 0 Å². The molecule has 190 valence electrons. The molecule has 1 amide bonds. The van der Waals surface area contributed by atoms with Gasteiger partial charge in [-0.05, 0) is 92.9 Å². The number of hydrogen-bond donors (Lipinski definition) is 1. The summed E-state index contributed by atoms with van der Waals surface area (Å²) in [5.41, 5.74) is 4.26. The smallest absolute Gasteiger partial charge is 0.302 e. The van der Waals surface area contributed by atoms with Gasteiger partial charge in [-0.25, -0.2) is 0 Å². The Morgan fingerprint density at radius 1 is 1.03 bits per heavy atom. The van der Waals surface area contributed by atoms with Crippen LogP contribution in [-0.4, -0.2) is 18.0 Å². The lowest BCUT2D eigenvalue weighted by Crippen LogP contribution is -2.52. The van der Waals surface area contributed by atoms with Crippen LogP contribution in [0.25, 0.3) is 0 Å². The van der Waals surface area contributed by atoms with E-state index in [1.165, 1.54) is 36.5 Å². The Balaban J connectivity index is 1.30. The summed E-state index contributed by atoms with van der Waals surface area (Å²) >= 11 is 0. The van der Waals surface area contributed by atoms with E-state index >= 15 is 0 Å². The Labute approximate surface area is 211 Å². The second-order valence-electron chi connectivity index (χ2n) is 12.5. The molecule has 35 heavy (non-hydrogen) atoms. The Morgan fingerprint density at radius 2 is 1.77 bits per heavy atom. The van der Waals surface area contributed by atoms with Gasteiger partial charge in [0.25, 0.3) is 0 Å². The van der Waals surface area contributed by atoms with Crippen molar-refractivity contribution in [3.63, 3.8) is 0 Å². The van der Waals surface area contributed by atoms with Crippen LogP contribution < -0.4 is 5.32 Å². The molecule has 5 rings (SSSR count). The monoisotopic (exact) mass is 477 g/mol. The number of carbonyl (C=O) groups excluding carboxylic acids is 2. The summed E-state index contributed by atoms with van der Waals surface area (Å²) in [6.07, 6.45) is 11.2. The van der Waals surface area contributed by atoms with Crippen molar-refractivity contribution in [1.29, 1.82) is 0 Å². The van der Waals surface area contributed by atoms with Crippen LogP contribution in [0, 0.1) is 41.4 Å². The largest absolute Gasteiger partial charge is 0.462 e. The van der Waals surface area contributed by atoms with Crippen molar-refractivity contribution in [2.45, 2.75) is 98.1 Å². The lowest BCUT2D eigenvalue weighted by molar-refractivity contribution is -0.149. The molecule has 3 saturated carbocycles. The predicted octanol–water partition coefficient (Wildman–Crippen LogP) is 6.68. The highest BCUT2D eigenvalue weighted by Gasteiger charge is 2.60. The highest BCUT2D eigenvalue weighted by Crippen LogP contribution is 2.66. The van der Waals surface area contributed by atoms with Crippen molar-refractivity contribution < 1.29 is 14.3 Å². The van der Waals surface area contributed by atoms with E-state index in [9.17, 15) is 9.59 Å². The molecule has 1 aromatic rings. The van der Waals surface area contributed by atoms with E-state index in [1.807, 2.05) is 0 Å². The number of amides is 1. The minimum absolute atomic E-state index is 0.0357. The average molecular weight is 478 g/mol. The molecule has 1 aromatic carbocycles. The van der Waals surface area contributed by atoms with E-state index in [4.69, 9.17) is 4.74 Å². The zero-order valence-corrected chi connectivity index (χ0v) is 22.2. The van der Waals surface area contributed by atoms with E-state index < -0.39 is 0 Å². The maximum absolute atomic E-state index is 13.6. The molecule has 1 N–H and O–H groups in total. The van der Waals surface area contributed by atoms with Crippen LogP contribution in [0.2, 0.25) is 0 Å². The number of allylic oxidation sites excluding steroid dienone is 1. The number of esters is 1. The van der Waals surface area contributed by atoms with Gasteiger partial charge in [0.2, 0.25) is 5.91 Å². The number of rotatable bonds is 4. The van der Waals surface area contributed by atoms with Gasteiger partial charge in [-0.1, -0.05) is 55.3 Å². The molecule has 4 aliphatic carbocycles. The molecule has 0 saturated heterocycles. The normalized spacial score (nSPS) is 38.9. The lowest BCUT2D eigenvalue weighted by Gasteiger charge is -2.58. The number of hydrogen-bond acceptors (Lipinski definition) is 3. The molecule has 8 atom stereocenters. The molecule has 4 aliphatic rings. The minimum atomic E-state index is -0.159. The maximum atomic E-state index is 13.6. The Morgan fingerprint density at radius 3 is 2.49 bits per heavy atom. The average Bonchev–Trinajstić information content (AvgIpc) is 3.16. The van der Waals surface area contributed by atoms with Crippen molar-refractivity contribution in [2.24, 2.45) is 34.5 Å². The first-order chi connectivity index (χ1) is 16.6. The standard InChI is InChI=1S/C31H43NO3/c1-19-6-8-22(9-7-19)20(2)32-29(34)28-13-12-26-25-11-10-23-18-24(35-21(3)33)14-16-30(23,4)27(25)15-17-31(26,28)5/h6-10,20,24-28H,11-18H2,1-5H3,(H,32,34)/t20-,24-,25-,26-,27-,28+,30-,31-/m0/s1. The number of fused-ring (bicyclic) bond motifs is 5. The van der Waals surface area contributed by atoms with E-state index in [0.29, 0.717) is 17.8 Å². The van der Waals surface area contributed by atoms with Crippen molar-refractivity contribution >= 4 is 11.9 Å². The number of nitrogens with one attached hydrogen (secondary N) is 1. The molecule has 3 fully saturated rings. The van der Waals surface area contributed by atoms with Gasteiger partial charge in [-0.2, -0.15) is 0 Å². The predicted molar refractivity (Wildman–Crippen MR) is 138 cm³/mol. The fraction of sp³-hybridized carbons (Fsp3) is 0.677. The summed E-state index contributed by atoms with van der Waals surface area (Å²) in [5, 5.41) is 3.37. The highest BCUT2D eigenvalue weighted by atomic mass is 16.5. The first-order valence-electron chi connectivity index (χ1n) is 13.9. The molecule has 0 aromatic heterocycles. The molecule has 4 heteroatoms. The van der Waals surface area contributed by atoms with Crippen LogP contribution in [0.1, 0.15) is 96.2 Å². The van der Waals surface area contributed by atoms with E-state index in [0.717, 1.165) is 38.5 Å². The summed E-state index contributed by atoms with van der Waals surface area (Å²) in [7, 11) is 0. The Hall–Kier alpha value is -2.10. The van der Waals surface area contributed by atoms with Gasteiger partial charge >= 0.3 is 5.97 Å². The van der Waals surface area contributed by atoms with E-state index in [-0.39, 0.29) is 40.8 Å². The van der Waals surface area contributed by atoms with Crippen LogP contribution >= 0.6 is 0 Å². The van der Waals surface area contributed by atoms with Gasteiger partial charge in [-0.3, -0.25) is 9.59 Å². The third-order valence-corrected chi connectivity index (χ3v) is 10.6. The third kappa shape index (κ3) is 4.25. The number of aryl methyl sites for hydroxylation is 1. The number of benzene rings is 1. The quantitative estimate of drug-likeness (QED) is 0.389. The fourth-order valence-electron chi connectivity index (χ4n) is 8.65. The summed E-state index contributed by atoms with van der Waals surface area (Å²) in [4.78, 5) is 25.1. The maximum Gasteiger partial charge on any atom is 0.302 e. The second-order valence-corrected chi connectivity index (χ2v) is 12.5.